The normalized spacial score (nSPS) is 13.5. The number of nitro groups is 1. The molecule has 1 aliphatic rings. The second-order valence-corrected chi connectivity index (χ2v) is 8.56. The number of fused-ring (bicyclic) bond motifs is 1. The third kappa shape index (κ3) is 4.61. The second-order valence-electron chi connectivity index (χ2n) is 8.56. The Morgan fingerprint density at radius 3 is 2.27 bits per heavy atom. The number of carbonyl (C=O) groups is 1. The number of aromatic nitrogens is 2. The fraction of sp³-hybridized carbons (Fsp3) is 0.222. The number of amides is 1. The summed E-state index contributed by atoms with van der Waals surface area (Å²) in [4.78, 5) is 27.9. The highest BCUT2D eigenvalue weighted by Crippen LogP contribution is 2.35. The van der Waals surface area contributed by atoms with Crippen LogP contribution in [0, 0.1) is 10.1 Å². The van der Waals surface area contributed by atoms with Crippen molar-refractivity contribution in [3.8, 4) is 22.8 Å². The highest BCUT2D eigenvalue weighted by atomic mass is 16.6. The number of methoxy groups -OCH3 is 2. The summed E-state index contributed by atoms with van der Waals surface area (Å²) in [7, 11) is 2.81. The lowest BCUT2D eigenvalue weighted by atomic mass is 10.0. The molecule has 0 aliphatic carbocycles. The van der Waals surface area contributed by atoms with Crippen LogP contribution < -0.4 is 14.4 Å². The summed E-state index contributed by atoms with van der Waals surface area (Å²) >= 11 is 0. The first kappa shape index (κ1) is 24.0. The first-order chi connectivity index (χ1) is 18.0. The molecule has 0 bridgehead atoms. The molecule has 188 valence electrons. The van der Waals surface area contributed by atoms with Gasteiger partial charge in [-0.05, 0) is 22.9 Å². The fourth-order valence-electron chi connectivity index (χ4n) is 4.59. The van der Waals surface area contributed by atoms with E-state index < -0.39 is 10.8 Å². The lowest BCUT2D eigenvalue weighted by molar-refractivity contribution is -0.385. The molecule has 1 aliphatic heterocycles. The van der Waals surface area contributed by atoms with E-state index in [9.17, 15) is 14.9 Å². The number of rotatable bonds is 6. The predicted molar refractivity (Wildman–Crippen MR) is 139 cm³/mol. The van der Waals surface area contributed by atoms with Crippen molar-refractivity contribution in [3.05, 3.63) is 82.4 Å². The number of nitro benzene ring substituents is 1. The zero-order valence-corrected chi connectivity index (χ0v) is 20.5. The molecule has 37 heavy (non-hydrogen) atoms. The molecule has 0 N–H and O–H groups in total. The number of hydrogen-bond acceptors (Lipinski definition) is 8. The van der Waals surface area contributed by atoms with Crippen LogP contribution in [0.4, 0.5) is 11.5 Å². The number of nitrogens with zero attached hydrogens (tertiary/aromatic N) is 5. The number of benzene rings is 3. The van der Waals surface area contributed by atoms with Crippen LogP contribution in [0.3, 0.4) is 0 Å². The standard InChI is InChI=1S/C27H25N5O5/c1-36-24-16-21(23(32(34)35)17-25(24)37-2)27(33)31-14-12-30(13-15-31)26-11-10-22(28-29-26)20-9-5-7-18-6-3-4-8-19(18)20/h3-11,16-17H,12-15H2,1-2H3. The minimum atomic E-state index is -0.585. The van der Waals surface area contributed by atoms with Gasteiger partial charge in [0.25, 0.3) is 11.6 Å². The van der Waals surface area contributed by atoms with Crippen molar-refractivity contribution < 1.29 is 19.2 Å². The van der Waals surface area contributed by atoms with Gasteiger partial charge in [0.1, 0.15) is 5.56 Å². The Morgan fingerprint density at radius 2 is 1.59 bits per heavy atom. The molecule has 4 aromatic rings. The van der Waals surface area contributed by atoms with Gasteiger partial charge in [0.15, 0.2) is 17.3 Å². The zero-order chi connectivity index (χ0) is 25.9. The summed E-state index contributed by atoms with van der Waals surface area (Å²) in [6.07, 6.45) is 0. The van der Waals surface area contributed by atoms with Crippen LogP contribution in [0.1, 0.15) is 10.4 Å². The van der Waals surface area contributed by atoms with Gasteiger partial charge in [-0.25, -0.2) is 0 Å². The molecule has 10 nitrogen and oxygen atoms in total. The Hall–Kier alpha value is -4.73. The summed E-state index contributed by atoms with van der Waals surface area (Å²) < 4.78 is 10.4. The number of hydrogen-bond donors (Lipinski definition) is 0. The summed E-state index contributed by atoms with van der Waals surface area (Å²) in [5, 5.41) is 22.8. The maximum Gasteiger partial charge on any atom is 0.286 e. The smallest absolute Gasteiger partial charge is 0.286 e. The van der Waals surface area contributed by atoms with Crippen LogP contribution in [0.2, 0.25) is 0 Å². The predicted octanol–water partition coefficient (Wildman–Crippen LogP) is 4.18. The summed E-state index contributed by atoms with van der Waals surface area (Å²) in [6.45, 7) is 1.82. The first-order valence-electron chi connectivity index (χ1n) is 11.8. The van der Waals surface area contributed by atoms with Crippen molar-refractivity contribution in [1.82, 2.24) is 15.1 Å². The minimum Gasteiger partial charge on any atom is -0.493 e. The molecule has 2 heterocycles. The summed E-state index contributed by atoms with van der Waals surface area (Å²) in [6, 6.07) is 20.7. The average molecular weight is 500 g/mol. The monoisotopic (exact) mass is 499 g/mol. The van der Waals surface area contributed by atoms with Gasteiger partial charge in [-0.15, -0.1) is 10.2 Å². The van der Waals surface area contributed by atoms with Crippen molar-refractivity contribution in [2.75, 3.05) is 45.3 Å². The van der Waals surface area contributed by atoms with E-state index >= 15 is 0 Å². The Morgan fingerprint density at radius 1 is 0.892 bits per heavy atom. The molecule has 0 spiro atoms. The molecule has 1 aromatic heterocycles. The number of ether oxygens (including phenoxy) is 2. The van der Waals surface area contributed by atoms with Crippen LogP contribution >= 0.6 is 0 Å². The van der Waals surface area contributed by atoms with Crippen LogP contribution in [-0.4, -0.2) is 66.3 Å². The van der Waals surface area contributed by atoms with Crippen LogP contribution in [-0.2, 0) is 0 Å². The van der Waals surface area contributed by atoms with Gasteiger partial charge in [0.2, 0.25) is 0 Å². The number of piperazine rings is 1. The maximum absolute atomic E-state index is 13.2. The Labute approximate surface area is 213 Å². The zero-order valence-electron chi connectivity index (χ0n) is 20.5. The van der Waals surface area contributed by atoms with Crippen LogP contribution in [0.5, 0.6) is 11.5 Å². The van der Waals surface area contributed by atoms with Gasteiger partial charge in [0, 0.05) is 37.8 Å². The molecule has 0 radical (unpaired) electrons. The van der Waals surface area contributed by atoms with Gasteiger partial charge in [0.05, 0.1) is 30.9 Å². The van der Waals surface area contributed by atoms with Crippen LogP contribution in [0.15, 0.2) is 66.7 Å². The quantitative estimate of drug-likeness (QED) is 0.287. The lowest BCUT2D eigenvalue weighted by Gasteiger charge is -2.35. The molecular formula is C27H25N5O5. The molecule has 0 saturated carbocycles. The first-order valence-corrected chi connectivity index (χ1v) is 11.8. The Balaban J connectivity index is 1.31. The molecule has 0 unspecified atom stereocenters. The number of carbonyl (C=O) groups excluding carboxylic acids is 1. The Kier molecular flexibility index (Phi) is 6.55. The van der Waals surface area contributed by atoms with Gasteiger partial charge in [-0.1, -0.05) is 42.5 Å². The molecule has 5 rings (SSSR count). The second kappa shape index (κ2) is 10.1. The number of anilines is 1. The molecule has 3 aromatic carbocycles. The van der Waals surface area contributed by atoms with E-state index in [0.717, 1.165) is 22.0 Å². The van der Waals surface area contributed by atoms with Gasteiger partial charge >= 0.3 is 0 Å². The largest absolute Gasteiger partial charge is 0.493 e. The summed E-state index contributed by atoms with van der Waals surface area (Å²) in [5.41, 5.74) is 1.45. The molecular weight excluding hydrogens is 474 g/mol. The van der Waals surface area contributed by atoms with E-state index in [-0.39, 0.29) is 22.7 Å². The van der Waals surface area contributed by atoms with E-state index in [1.54, 1.807) is 4.90 Å². The fourth-order valence-corrected chi connectivity index (χ4v) is 4.59. The van der Waals surface area contributed by atoms with Crippen molar-refractivity contribution in [2.45, 2.75) is 0 Å². The molecule has 1 amide bonds. The third-order valence-electron chi connectivity index (χ3n) is 6.54. The minimum absolute atomic E-state index is 0.0321. The van der Waals surface area contributed by atoms with Gasteiger partial charge in [-0.2, -0.15) is 0 Å². The van der Waals surface area contributed by atoms with Crippen LogP contribution in [0.25, 0.3) is 22.0 Å². The van der Waals surface area contributed by atoms with Gasteiger partial charge in [-0.3, -0.25) is 14.9 Å². The highest BCUT2D eigenvalue weighted by molar-refractivity contribution is 5.99. The van der Waals surface area contributed by atoms with Crippen molar-refractivity contribution in [3.63, 3.8) is 0 Å². The molecule has 1 fully saturated rings. The topological polar surface area (TPSA) is 111 Å². The lowest BCUT2D eigenvalue weighted by Crippen LogP contribution is -2.49. The SMILES string of the molecule is COc1cc(C(=O)N2CCN(c3ccc(-c4cccc5ccccc45)nn3)CC2)c([N+](=O)[O-])cc1OC. The molecule has 10 heteroatoms. The van der Waals surface area contributed by atoms with Gasteiger partial charge < -0.3 is 19.3 Å². The van der Waals surface area contributed by atoms with Crippen molar-refractivity contribution >= 4 is 28.2 Å². The maximum atomic E-state index is 13.2. The van der Waals surface area contributed by atoms with E-state index in [0.29, 0.717) is 32.0 Å². The van der Waals surface area contributed by atoms with E-state index in [4.69, 9.17) is 9.47 Å². The summed E-state index contributed by atoms with van der Waals surface area (Å²) in [5.74, 6) is 0.746. The van der Waals surface area contributed by atoms with E-state index in [2.05, 4.69) is 28.4 Å². The van der Waals surface area contributed by atoms with E-state index in [1.165, 1.54) is 26.4 Å². The van der Waals surface area contributed by atoms with E-state index in [1.807, 2.05) is 41.3 Å². The average Bonchev–Trinajstić information content (AvgIpc) is 2.96. The third-order valence-corrected chi connectivity index (χ3v) is 6.54. The molecule has 1 saturated heterocycles. The highest BCUT2D eigenvalue weighted by Gasteiger charge is 2.30. The molecule has 0 atom stereocenters. The van der Waals surface area contributed by atoms with Crippen molar-refractivity contribution in [1.29, 1.82) is 0 Å². The Bertz CT molecular complexity index is 1460. The van der Waals surface area contributed by atoms with Crippen molar-refractivity contribution in [2.24, 2.45) is 0 Å².